The van der Waals surface area contributed by atoms with E-state index in [4.69, 9.17) is 19.2 Å². The van der Waals surface area contributed by atoms with Crippen LogP contribution in [0.25, 0.3) is 22.2 Å². The van der Waals surface area contributed by atoms with Crippen molar-refractivity contribution in [2.24, 2.45) is 17.8 Å². The number of anilines is 1. The van der Waals surface area contributed by atoms with Gasteiger partial charge in [-0.3, -0.25) is 4.79 Å². The predicted molar refractivity (Wildman–Crippen MR) is 162 cm³/mol. The van der Waals surface area contributed by atoms with Crippen LogP contribution in [0.3, 0.4) is 0 Å². The summed E-state index contributed by atoms with van der Waals surface area (Å²) in [6.45, 7) is 9.42. The van der Waals surface area contributed by atoms with E-state index in [0.717, 1.165) is 42.2 Å². The van der Waals surface area contributed by atoms with Crippen LogP contribution in [0, 0.1) is 23.6 Å². The van der Waals surface area contributed by atoms with E-state index in [1.807, 2.05) is 63.1 Å². The van der Waals surface area contributed by atoms with Crippen LogP contribution in [-0.4, -0.2) is 85.9 Å². The van der Waals surface area contributed by atoms with Gasteiger partial charge in [-0.15, -0.1) is 0 Å². The number of nitrogens with zero attached hydrogens (tertiary/aromatic N) is 4. The van der Waals surface area contributed by atoms with E-state index >= 15 is 0 Å². The molecule has 0 bridgehead atoms. The van der Waals surface area contributed by atoms with E-state index < -0.39 is 11.4 Å². The third kappa shape index (κ3) is 5.92. The lowest BCUT2D eigenvalue weighted by molar-refractivity contribution is -0.137. The maximum Gasteiger partial charge on any atom is 0.410 e. The molecule has 3 fully saturated rings. The number of carbonyl (C=O) groups is 2. The van der Waals surface area contributed by atoms with Gasteiger partial charge in [0.25, 0.3) is 0 Å². The Hall–Kier alpha value is -4.08. The Morgan fingerprint density at radius 2 is 1.81 bits per heavy atom. The second-order valence-corrected chi connectivity index (χ2v) is 12.9. The Balaban J connectivity index is 1.19. The quantitative estimate of drug-likeness (QED) is 0.390. The number of ether oxygens (including phenoxy) is 3. The highest BCUT2D eigenvalue weighted by Crippen LogP contribution is 2.40. The zero-order valence-electron chi connectivity index (χ0n) is 25.4. The van der Waals surface area contributed by atoms with Crippen LogP contribution in [0.2, 0.25) is 0 Å². The van der Waals surface area contributed by atoms with Crippen LogP contribution < -0.4 is 14.4 Å². The second kappa shape index (κ2) is 11.2. The lowest BCUT2D eigenvalue weighted by Gasteiger charge is -2.39. The van der Waals surface area contributed by atoms with Crippen molar-refractivity contribution in [3.05, 3.63) is 48.3 Å². The van der Waals surface area contributed by atoms with Crippen LogP contribution in [-0.2, 0) is 9.53 Å². The SMILES string of the molecule is COc1cc2nc(-c3ccc(OCC4CN(C(=O)OC(C)(C)C)C4)cc3)cc(N3CC4CCN(C)C(=O)C4C3)c2cc1F. The average molecular weight is 591 g/mol. The molecule has 10 heteroatoms. The van der Waals surface area contributed by atoms with Crippen molar-refractivity contribution in [2.45, 2.75) is 32.8 Å². The normalized spacial score (nSPS) is 20.7. The average Bonchev–Trinajstić information content (AvgIpc) is 3.38. The molecular formula is C33H39FN4O5. The van der Waals surface area contributed by atoms with E-state index in [-0.39, 0.29) is 35.5 Å². The van der Waals surface area contributed by atoms with E-state index in [0.29, 0.717) is 37.1 Å². The molecule has 0 N–H and O–H groups in total. The summed E-state index contributed by atoms with van der Waals surface area (Å²) in [7, 11) is 3.31. The first-order valence-electron chi connectivity index (χ1n) is 14.9. The molecule has 9 nitrogen and oxygen atoms in total. The van der Waals surface area contributed by atoms with Gasteiger partial charge >= 0.3 is 6.09 Å². The number of aromatic nitrogens is 1. The van der Waals surface area contributed by atoms with Crippen LogP contribution in [0.1, 0.15) is 27.2 Å². The van der Waals surface area contributed by atoms with Crippen molar-refractivity contribution in [1.82, 2.24) is 14.8 Å². The summed E-state index contributed by atoms with van der Waals surface area (Å²) in [5.41, 5.74) is 2.63. The Morgan fingerprint density at radius 1 is 1.07 bits per heavy atom. The van der Waals surface area contributed by atoms with Gasteiger partial charge in [0, 0.05) is 68.4 Å². The van der Waals surface area contributed by atoms with Gasteiger partial charge in [-0.05, 0) is 69.5 Å². The molecule has 0 aliphatic carbocycles. The molecule has 2 atom stereocenters. The van der Waals surface area contributed by atoms with Crippen molar-refractivity contribution in [3.8, 4) is 22.8 Å². The molecule has 2 unspecified atom stereocenters. The number of amides is 2. The van der Waals surface area contributed by atoms with E-state index in [9.17, 15) is 14.0 Å². The Kier molecular flexibility index (Phi) is 7.56. The van der Waals surface area contributed by atoms with Gasteiger partial charge in [0.2, 0.25) is 5.91 Å². The number of hydrogen-bond acceptors (Lipinski definition) is 7. The Bertz CT molecular complexity index is 1530. The molecule has 43 heavy (non-hydrogen) atoms. The van der Waals surface area contributed by atoms with Crippen molar-refractivity contribution < 1.29 is 28.2 Å². The number of hydrogen-bond donors (Lipinski definition) is 0. The number of rotatable bonds is 6. The molecule has 0 spiro atoms. The molecule has 228 valence electrons. The first-order chi connectivity index (χ1) is 20.5. The number of piperidine rings is 1. The largest absolute Gasteiger partial charge is 0.494 e. The molecule has 3 aliphatic rings. The summed E-state index contributed by atoms with van der Waals surface area (Å²) in [5, 5.41) is 0.697. The van der Waals surface area contributed by atoms with Gasteiger partial charge in [0.1, 0.15) is 11.4 Å². The molecule has 3 aromatic rings. The first kappa shape index (κ1) is 29.0. The summed E-state index contributed by atoms with van der Waals surface area (Å²) in [4.78, 5) is 35.7. The van der Waals surface area contributed by atoms with Crippen molar-refractivity contribution >= 4 is 28.6 Å². The topological polar surface area (TPSA) is 84.4 Å². The highest BCUT2D eigenvalue weighted by atomic mass is 19.1. The molecule has 0 radical (unpaired) electrons. The molecule has 0 saturated carbocycles. The molecule has 3 aliphatic heterocycles. The summed E-state index contributed by atoms with van der Waals surface area (Å²) >= 11 is 0. The van der Waals surface area contributed by atoms with Crippen LogP contribution in [0.4, 0.5) is 14.9 Å². The molecule has 2 amide bonds. The minimum Gasteiger partial charge on any atom is -0.494 e. The third-order valence-corrected chi connectivity index (χ3v) is 8.62. The van der Waals surface area contributed by atoms with Gasteiger partial charge in [0.05, 0.1) is 30.8 Å². The van der Waals surface area contributed by atoms with Gasteiger partial charge in [-0.1, -0.05) is 0 Å². The third-order valence-electron chi connectivity index (χ3n) is 8.62. The van der Waals surface area contributed by atoms with Crippen molar-refractivity contribution in [2.75, 3.05) is 58.4 Å². The van der Waals surface area contributed by atoms with Crippen LogP contribution in [0.5, 0.6) is 11.5 Å². The van der Waals surface area contributed by atoms with Gasteiger partial charge < -0.3 is 28.9 Å². The summed E-state index contributed by atoms with van der Waals surface area (Å²) < 4.78 is 31.6. The Labute approximate surface area is 251 Å². The minimum absolute atomic E-state index is 0.0585. The summed E-state index contributed by atoms with van der Waals surface area (Å²) in [5.74, 6) is 1.08. The second-order valence-electron chi connectivity index (χ2n) is 12.9. The van der Waals surface area contributed by atoms with E-state index in [1.54, 1.807) is 11.0 Å². The smallest absolute Gasteiger partial charge is 0.410 e. The van der Waals surface area contributed by atoms with Crippen molar-refractivity contribution in [3.63, 3.8) is 0 Å². The summed E-state index contributed by atoms with van der Waals surface area (Å²) in [6.07, 6.45) is 0.672. The molecule has 6 rings (SSSR count). The lowest BCUT2D eigenvalue weighted by Crippen LogP contribution is -2.53. The fourth-order valence-corrected chi connectivity index (χ4v) is 6.26. The number of likely N-dealkylation sites (tertiary alicyclic amines) is 2. The van der Waals surface area contributed by atoms with Gasteiger partial charge in [-0.2, -0.15) is 0 Å². The van der Waals surface area contributed by atoms with Crippen LogP contribution >= 0.6 is 0 Å². The predicted octanol–water partition coefficient (Wildman–Crippen LogP) is 5.21. The highest BCUT2D eigenvalue weighted by molar-refractivity contribution is 5.96. The van der Waals surface area contributed by atoms with Crippen molar-refractivity contribution in [1.29, 1.82) is 0 Å². The maximum absolute atomic E-state index is 14.9. The first-order valence-corrected chi connectivity index (χ1v) is 14.9. The molecule has 3 saturated heterocycles. The zero-order valence-corrected chi connectivity index (χ0v) is 25.4. The number of pyridine rings is 1. The number of methoxy groups -OCH3 is 1. The zero-order chi connectivity index (χ0) is 30.5. The number of halogens is 1. The van der Waals surface area contributed by atoms with Crippen LogP contribution in [0.15, 0.2) is 42.5 Å². The monoisotopic (exact) mass is 590 g/mol. The fourth-order valence-electron chi connectivity index (χ4n) is 6.26. The highest BCUT2D eigenvalue weighted by Gasteiger charge is 2.42. The van der Waals surface area contributed by atoms with Gasteiger partial charge in [-0.25, -0.2) is 14.2 Å². The summed E-state index contributed by atoms with van der Waals surface area (Å²) in [6, 6.07) is 12.9. The fraction of sp³-hybridized carbons (Fsp3) is 0.485. The van der Waals surface area contributed by atoms with Gasteiger partial charge in [0.15, 0.2) is 11.6 Å². The minimum atomic E-state index is -0.508. The number of carbonyl (C=O) groups excluding carboxylic acids is 2. The van der Waals surface area contributed by atoms with E-state index in [1.165, 1.54) is 13.2 Å². The molecular weight excluding hydrogens is 551 g/mol. The lowest BCUT2D eigenvalue weighted by atomic mass is 9.88. The Morgan fingerprint density at radius 3 is 2.51 bits per heavy atom. The molecule has 1 aromatic heterocycles. The molecule has 4 heterocycles. The molecule has 2 aromatic carbocycles. The number of benzene rings is 2. The van der Waals surface area contributed by atoms with E-state index in [2.05, 4.69) is 4.90 Å². The standard InChI is InChI=1S/C33H39FN4O5/c1-33(2,3)43-32(40)38-15-20(16-38)19-42-23-8-6-21(7-9-23)27-13-29(24-12-26(34)30(41-5)14-28(24)35-27)37-17-22-10-11-36(4)31(39)25(22)18-37/h6-9,12-14,20,22,25H,10-11,15-19H2,1-5H3. The number of fused-ring (bicyclic) bond motifs is 2. The maximum atomic E-state index is 14.9.